The predicted octanol–water partition coefficient (Wildman–Crippen LogP) is 3.24. The number of nitrogens with one attached hydrogen (secondary N) is 1. The number of nitrogens with zero attached hydrogens (tertiary/aromatic N) is 3. The molecule has 2 fully saturated rings. The molecule has 1 aliphatic heterocycles. The molecule has 1 aliphatic carbocycles. The summed E-state index contributed by atoms with van der Waals surface area (Å²) in [6, 6.07) is 2.19. The Balaban J connectivity index is 1.65. The summed E-state index contributed by atoms with van der Waals surface area (Å²) in [5, 5.41) is 3.40. The van der Waals surface area contributed by atoms with Gasteiger partial charge in [0.05, 0.1) is 0 Å². The SMILES string of the molecule is O=C(c1ccnc(NC2CCCCC2)n1)N1CCCCCC1. The van der Waals surface area contributed by atoms with Crippen LogP contribution >= 0.6 is 0 Å². The summed E-state index contributed by atoms with van der Waals surface area (Å²) >= 11 is 0. The molecule has 1 saturated carbocycles. The van der Waals surface area contributed by atoms with Gasteiger partial charge in [0, 0.05) is 25.3 Å². The third-order valence-electron chi connectivity index (χ3n) is 4.71. The molecular weight excluding hydrogens is 276 g/mol. The van der Waals surface area contributed by atoms with Crippen molar-refractivity contribution in [2.75, 3.05) is 18.4 Å². The van der Waals surface area contributed by atoms with Crippen LogP contribution in [0.1, 0.15) is 68.3 Å². The van der Waals surface area contributed by atoms with Crippen molar-refractivity contribution >= 4 is 11.9 Å². The number of anilines is 1. The first-order valence-corrected chi connectivity index (χ1v) is 8.72. The molecule has 0 aromatic carbocycles. The topological polar surface area (TPSA) is 58.1 Å². The van der Waals surface area contributed by atoms with Crippen LogP contribution in [-0.2, 0) is 0 Å². The van der Waals surface area contributed by atoms with Crippen LogP contribution in [0.4, 0.5) is 5.95 Å². The van der Waals surface area contributed by atoms with Crippen molar-refractivity contribution in [1.29, 1.82) is 0 Å². The van der Waals surface area contributed by atoms with Gasteiger partial charge in [0.1, 0.15) is 5.69 Å². The minimum absolute atomic E-state index is 0.0518. The lowest BCUT2D eigenvalue weighted by Crippen LogP contribution is -2.32. The first-order valence-electron chi connectivity index (χ1n) is 8.72. The van der Waals surface area contributed by atoms with E-state index in [4.69, 9.17) is 0 Å². The maximum atomic E-state index is 12.6. The van der Waals surface area contributed by atoms with Gasteiger partial charge in [-0.05, 0) is 31.7 Å². The normalized spacial score (nSPS) is 20.5. The van der Waals surface area contributed by atoms with E-state index in [1.54, 1.807) is 12.3 Å². The monoisotopic (exact) mass is 302 g/mol. The average Bonchev–Trinajstić information content (AvgIpc) is 2.85. The summed E-state index contributed by atoms with van der Waals surface area (Å²) in [7, 11) is 0. The van der Waals surface area contributed by atoms with Gasteiger partial charge in [0.15, 0.2) is 0 Å². The molecule has 0 spiro atoms. The number of likely N-dealkylation sites (tertiary alicyclic amines) is 1. The molecular formula is C17H26N4O. The molecule has 0 radical (unpaired) electrons. The van der Waals surface area contributed by atoms with Crippen molar-refractivity contribution in [2.45, 2.75) is 63.8 Å². The summed E-state index contributed by atoms with van der Waals surface area (Å²) in [5.41, 5.74) is 0.523. The van der Waals surface area contributed by atoms with E-state index in [-0.39, 0.29) is 5.91 Å². The first-order chi connectivity index (χ1) is 10.8. The van der Waals surface area contributed by atoms with E-state index < -0.39 is 0 Å². The fourth-order valence-electron chi connectivity index (χ4n) is 3.41. The number of rotatable bonds is 3. The number of amides is 1. The first kappa shape index (κ1) is 15.3. The van der Waals surface area contributed by atoms with Crippen LogP contribution in [0.25, 0.3) is 0 Å². The van der Waals surface area contributed by atoms with Crippen LogP contribution in [0.15, 0.2) is 12.3 Å². The minimum Gasteiger partial charge on any atom is -0.351 e. The maximum absolute atomic E-state index is 12.6. The average molecular weight is 302 g/mol. The van der Waals surface area contributed by atoms with Crippen molar-refractivity contribution in [2.24, 2.45) is 0 Å². The van der Waals surface area contributed by atoms with Crippen LogP contribution < -0.4 is 5.32 Å². The Labute approximate surface area is 132 Å². The van der Waals surface area contributed by atoms with E-state index in [1.165, 1.54) is 44.9 Å². The van der Waals surface area contributed by atoms with Crippen molar-refractivity contribution in [3.63, 3.8) is 0 Å². The Bertz CT molecular complexity index is 491. The molecule has 0 bridgehead atoms. The zero-order chi connectivity index (χ0) is 15.2. The zero-order valence-corrected chi connectivity index (χ0v) is 13.3. The van der Waals surface area contributed by atoms with E-state index in [9.17, 15) is 4.79 Å². The Morgan fingerprint density at radius 2 is 1.73 bits per heavy atom. The van der Waals surface area contributed by atoms with Gasteiger partial charge in [-0.3, -0.25) is 4.79 Å². The molecule has 1 aromatic heterocycles. The Morgan fingerprint density at radius 1 is 1.05 bits per heavy atom. The largest absolute Gasteiger partial charge is 0.351 e. The lowest BCUT2D eigenvalue weighted by molar-refractivity contribution is 0.0755. The summed E-state index contributed by atoms with van der Waals surface area (Å²) in [5.74, 6) is 0.656. The Hall–Kier alpha value is -1.65. The standard InChI is InChI=1S/C17H26N4O/c22-16(21-12-6-1-2-7-13-21)15-10-11-18-17(20-15)19-14-8-4-3-5-9-14/h10-11,14H,1-9,12-13H2,(H,18,19,20). The molecule has 5 nitrogen and oxygen atoms in total. The van der Waals surface area contributed by atoms with Crippen molar-refractivity contribution in [3.8, 4) is 0 Å². The third kappa shape index (κ3) is 3.96. The molecule has 2 heterocycles. The number of carbonyl (C=O) groups is 1. The summed E-state index contributed by atoms with van der Waals surface area (Å²) in [6.07, 6.45) is 12.6. The Kier molecular flexibility index (Phi) is 5.24. The molecule has 1 saturated heterocycles. The van der Waals surface area contributed by atoms with Gasteiger partial charge in [-0.15, -0.1) is 0 Å². The molecule has 120 valence electrons. The smallest absolute Gasteiger partial charge is 0.272 e. The molecule has 22 heavy (non-hydrogen) atoms. The molecule has 1 aromatic rings. The van der Waals surface area contributed by atoms with Crippen LogP contribution in [-0.4, -0.2) is 39.9 Å². The highest BCUT2D eigenvalue weighted by atomic mass is 16.2. The van der Waals surface area contributed by atoms with Crippen molar-refractivity contribution in [3.05, 3.63) is 18.0 Å². The second-order valence-corrected chi connectivity index (χ2v) is 6.45. The van der Waals surface area contributed by atoms with Crippen LogP contribution in [0.5, 0.6) is 0 Å². The van der Waals surface area contributed by atoms with E-state index in [0.29, 0.717) is 17.7 Å². The van der Waals surface area contributed by atoms with Gasteiger partial charge in [-0.1, -0.05) is 32.1 Å². The third-order valence-corrected chi connectivity index (χ3v) is 4.71. The van der Waals surface area contributed by atoms with Crippen molar-refractivity contribution in [1.82, 2.24) is 14.9 Å². The second-order valence-electron chi connectivity index (χ2n) is 6.45. The molecule has 3 rings (SSSR count). The second kappa shape index (κ2) is 7.56. The van der Waals surface area contributed by atoms with Crippen molar-refractivity contribution < 1.29 is 4.79 Å². The molecule has 2 aliphatic rings. The van der Waals surface area contributed by atoms with Gasteiger partial charge in [-0.25, -0.2) is 9.97 Å². The molecule has 0 unspecified atom stereocenters. The van der Waals surface area contributed by atoms with Crippen LogP contribution in [0, 0.1) is 0 Å². The van der Waals surface area contributed by atoms with E-state index in [1.807, 2.05) is 4.90 Å². The molecule has 0 atom stereocenters. The number of hydrogen-bond donors (Lipinski definition) is 1. The summed E-state index contributed by atoms with van der Waals surface area (Å²) in [6.45, 7) is 1.71. The van der Waals surface area contributed by atoms with Gasteiger partial charge in [-0.2, -0.15) is 0 Å². The highest BCUT2D eigenvalue weighted by Gasteiger charge is 2.20. The van der Waals surface area contributed by atoms with Gasteiger partial charge in [0.25, 0.3) is 5.91 Å². The zero-order valence-electron chi connectivity index (χ0n) is 13.3. The minimum atomic E-state index is 0.0518. The van der Waals surface area contributed by atoms with Gasteiger partial charge < -0.3 is 10.2 Å². The van der Waals surface area contributed by atoms with Gasteiger partial charge >= 0.3 is 0 Å². The fraction of sp³-hybridized carbons (Fsp3) is 0.706. The fourth-order valence-corrected chi connectivity index (χ4v) is 3.41. The van der Waals surface area contributed by atoms with E-state index >= 15 is 0 Å². The number of aromatic nitrogens is 2. The van der Waals surface area contributed by atoms with E-state index in [0.717, 1.165) is 25.9 Å². The summed E-state index contributed by atoms with van der Waals surface area (Å²) < 4.78 is 0. The quantitative estimate of drug-likeness (QED) is 0.931. The number of carbonyl (C=O) groups excluding carboxylic acids is 1. The highest BCUT2D eigenvalue weighted by molar-refractivity contribution is 5.92. The number of hydrogen-bond acceptors (Lipinski definition) is 4. The van der Waals surface area contributed by atoms with Gasteiger partial charge in [0.2, 0.25) is 5.95 Å². The highest BCUT2D eigenvalue weighted by Crippen LogP contribution is 2.20. The maximum Gasteiger partial charge on any atom is 0.272 e. The lowest BCUT2D eigenvalue weighted by atomic mass is 9.96. The summed E-state index contributed by atoms with van der Waals surface area (Å²) in [4.78, 5) is 23.3. The lowest BCUT2D eigenvalue weighted by Gasteiger charge is -2.23. The predicted molar refractivity (Wildman–Crippen MR) is 86.9 cm³/mol. The van der Waals surface area contributed by atoms with Crippen LogP contribution in [0.2, 0.25) is 0 Å². The Morgan fingerprint density at radius 3 is 2.45 bits per heavy atom. The van der Waals surface area contributed by atoms with E-state index in [2.05, 4.69) is 15.3 Å². The molecule has 1 N–H and O–H groups in total. The molecule has 5 heteroatoms. The van der Waals surface area contributed by atoms with Crippen LogP contribution in [0.3, 0.4) is 0 Å². The molecule has 1 amide bonds.